The van der Waals surface area contributed by atoms with Crippen molar-refractivity contribution in [2.24, 2.45) is 0 Å². The summed E-state index contributed by atoms with van der Waals surface area (Å²) < 4.78 is 73.7. The second kappa shape index (κ2) is 8.38. The zero-order valence-electron chi connectivity index (χ0n) is 16.5. The van der Waals surface area contributed by atoms with Crippen molar-refractivity contribution < 1.29 is 35.7 Å². The number of aromatic hydroxyl groups is 1. The van der Waals surface area contributed by atoms with Crippen LogP contribution in [0.5, 0.6) is 5.75 Å². The van der Waals surface area contributed by atoms with Crippen molar-refractivity contribution >= 4 is 54.6 Å². The highest BCUT2D eigenvalue weighted by Gasteiger charge is 2.47. The highest BCUT2D eigenvalue weighted by Crippen LogP contribution is 2.38. The van der Waals surface area contributed by atoms with E-state index in [0.29, 0.717) is 22.4 Å². The van der Waals surface area contributed by atoms with Gasteiger partial charge in [-0.2, -0.15) is 13.2 Å². The van der Waals surface area contributed by atoms with E-state index in [1.807, 2.05) is 0 Å². The third-order valence-electron chi connectivity index (χ3n) is 4.70. The number of anilines is 1. The summed E-state index contributed by atoms with van der Waals surface area (Å²) in [7, 11) is -7.13. The van der Waals surface area contributed by atoms with E-state index in [-0.39, 0.29) is 28.0 Å². The number of carbonyl (C=O) groups excluding carboxylic acids is 1. The van der Waals surface area contributed by atoms with Gasteiger partial charge >= 0.3 is 5.51 Å². The van der Waals surface area contributed by atoms with Crippen LogP contribution in [0.1, 0.15) is 15.9 Å². The predicted octanol–water partition coefficient (Wildman–Crippen LogP) is 4.79. The molecule has 3 aromatic carbocycles. The topological polar surface area (TPSA) is 101 Å². The van der Waals surface area contributed by atoms with Crippen LogP contribution in [-0.2, 0) is 20.6 Å². The number of nitrogens with one attached hydrogen (secondary N) is 1. The van der Waals surface area contributed by atoms with Crippen LogP contribution < -0.4 is 5.32 Å². The van der Waals surface area contributed by atoms with Crippen LogP contribution in [0.25, 0.3) is 10.8 Å². The van der Waals surface area contributed by atoms with Crippen molar-refractivity contribution in [1.29, 1.82) is 0 Å². The Morgan fingerprint density at radius 1 is 1.12 bits per heavy atom. The van der Waals surface area contributed by atoms with Gasteiger partial charge in [0.05, 0.1) is 36.9 Å². The van der Waals surface area contributed by atoms with Gasteiger partial charge in [-0.3, -0.25) is 9.00 Å². The van der Waals surface area contributed by atoms with Gasteiger partial charge < -0.3 is 10.4 Å². The molecule has 0 radical (unpaired) electrons. The fraction of sp³-hybridized carbons (Fsp3) is 0.150. The Balaban J connectivity index is 2.08. The Kier molecular flexibility index (Phi) is 6.29. The lowest BCUT2D eigenvalue weighted by Gasteiger charge is -2.17. The molecule has 1 amide bonds. The summed E-state index contributed by atoms with van der Waals surface area (Å²) in [5.74, 6) is -1.25. The molecule has 0 aliphatic rings. The molecule has 3 rings (SSSR count). The molecule has 3 aromatic rings. The van der Waals surface area contributed by atoms with Crippen molar-refractivity contribution in [3.05, 3.63) is 58.6 Å². The Bertz CT molecular complexity index is 1390. The summed E-state index contributed by atoms with van der Waals surface area (Å²) in [6.07, 6.45) is 1.42. The van der Waals surface area contributed by atoms with Crippen molar-refractivity contribution in [2.75, 3.05) is 11.6 Å². The number of phenols is 1. The molecule has 0 saturated heterocycles. The molecule has 0 spiro atoms. The molecule has 0 saturated carbocycles. The number of halogens is 4. The third kappa shape index (κ3) is 4.07. The number of alkyl halides is 3. The van der Waals surface area contributed by atoms with Crippen LogP contribution in [0.3, 0.4) is 0 Å². The van der Waals surface area contributed by atoms with Gasteiger partial charge in [-0.05, 0) is 30.7 Å². The minimum atomic E-state index is -5.62. The van der Waals surface area contributed by atoms with Gasteiger partial charge in [-0.15, -0.1) is 0 Å². The molecule has 1 unspecified atom stereocenters. The van der Waals surface area contributed by atoms with Gasteiger partial charge in [0.25, 0.3) is 15.7 Å². The van der Waals surface area contributed by atoms with Crippen LogP contribution in [0.15, 0.2) is 52.3 Å². The van der Waals surface area contributed by atoms with E-state index in [4.69, 9.17) is 11.6 Å². The summed E-state index contributed by atoms with van der Waals surface area (Å²) >= 11 is 5.92. The van der Waals surface area contributed by atoms with Gasteiger partial charge in [0.1, 0.15) is 5.75 Å². The number of carbonyl (C=O) groups is 1. The fourth-order valence-corrected chi connectivity index (χ4v) is 5.35. The van der Waals surface area contributed by atoms with E-state index in [1.54, 1.807) is 24.3 Å². The van der Waals surface area contributed by atoms with Crippen LogP contribution in [0.4, 0.5) is 18.9 Å². The largest absolute Gasteiger partial charge is 0.506 e. The number of hydrogen-bond acceptors (Lipinski definition) is 5. The molecular weight excluding hydrogens is 491 g/mol. The number of rotatable bonds is 4. The zero-order chi connectivity index (χ0) is 24.0. The molecule has 0 aliphatic heterocycles. The number of hydrogen-bond donors (Lipinski definition) is 2. The summed E-state index contributed by atoms with van der Waals surface area (Å²) in [4.78, 5) is 12.2. The number of fused-ring (bicyclic) bond motifs is 1. The van der Waals surface area contributed by atoms with Crippen molar-refractivity contribution in [3.63, 3.8) is 0 Å². The van der Waals surface area contributed by atoms with Crippen LogP contribution in [0.2, 0.25) is 5.02 Å². The Morgan fingerprint density at radius 3 is 2.25 bits per heavy atom. The number of amides is 1. The predicted molar refractivity (Wildman–Crippen MR) is 115 cm³/mol. The van der Waals surface area contributed by atoms with Crippen molar-refractivity contribution in [2.45, 2.75) is 22.2 Å². The van der Waals surface area contributed by atoms with Gasteiger partial charge in [0, 0.05) is 17.0 Å². The van der Waals surface area contributed by atoms with Gasteiger partial charge in [0.2, 0.25) is 0 Å². The maximum Gasteiger partial charge on any atom is 0.501 e. The maximum atomic E-state index is 12.9. The highest BCUT2D eigenvalue weighted by molar-refractivity contribution is 7.92. The lowest BCUT2D eigenvalue weighted by atomic mass is 9.99. The molecule has 0 aliphatic carbocycles. The minimum absolute atomic E-state index is 0.177. The third-order valence-corrected chi connectivity index (χ3v) is 7.60. The van der Waals surface area contributed by atoms with Crippen LogP contribution in [-0.4, -0.2) is 35.4 Å². The Labute approximate surface area is 188 Å². The molecule has 1 atom stereocenters. The number of phenolic OH excluding ortho intramolecular Hbond substituents is 1. The van der Waals surface area contributed by atoms with E-state index in [0.717, 1.165) is 6.07 Å². The van der Waals surface area contributed by atoms with Gasteiger partial charge in [-0.1, -0.05) is 35.9 Å². The first-order chi connectivity index (χ1) is 14.8. The molecule has 0 bridgehead atoms. The fourth-order valence-electron chi connectivity index (χ4n) is 3.25. The molecular formula is C20H15ClF3NO5S2. The molecule has 6 nitrogen and oxygen atoms in total. The van der Waals surface area contributed by atoms with Crippen LogP contribution in [0, 0.1) is 6.92 Å². The zero-order valence-corrected chi connectivity index (χ0v) is 18.8. The molecule has 0 heterocycles. The summed E-state index contributed by atoms with van der Waals surface area (Å²) in [6, 6.07) is 8.64. The maximum absolute atomic E-state index is 12.9. The number of sulfone groups is 1. The highest BCUT2D eigenvalue weighted by atomic mass is 35.5. The van der Waals surface area contributed by atoms with Crippen LogP contribution >= 0.6 is 11.6 Å². The van der Waals surface area contributed by atoms with E-state index in [1.165, 1.54) is 13.2 Å². The monoisotopic (exact) mass is 505 g/mol. The number of benzene rings is 3. The van der Waals surface area contributed by atoms with Crippen molar-refractivity contribution in [1.82, 2.24) is 0 Å². The molecule has 0 aromatic heterocycles. The van der Waals surface area contributed by atoms with Gasteiger partial charge in [-0.25, -0.2) is 8.42 Å². The molecule has 2 N–H and O–H groups in total. The standard InChI is InChI=1S/C20H15ClF3NO5S2/c1-10-16(17(26)12-5-3-4-6-13(12)18(10)31(2)28)19(27)25-15-8-7-11(9-14(15)21)32(29,30)20(22,23)24/h3-9,26H,1-2H3,(H,25,27). The van der Waals surface area contributed by atoms with E-state index >= 15 is 0 Å². The quantitative estimate of drug-likeness (QED) is 0.531. The van der Waals surface area contributed by atoms with E-state index in [9.17, 15) is 35.7 Å². The summed E-state index contributed by atoms with van der Waals surface area (Å²) in [5.41, 5.74) is -5.64. The Hall–Kier alpha value is -2.63. The van der Waals surface area contributed by atoms with E-state index < -0.39 is 42.0 Å². The first-order valence-electron chi connectivity index (χ1n) is 8.77. The lowest BCUT2D eigenvalue weighted by molar-refractivity contribution is -0.0436. The lowest BCUT2D eigenvalue weighted by Crippen LogP contribution is -2.23. The smallest absolute Gasteiger partial charge is 0.501 e. The minimum Gasteiger partial charge on any atom is -0.506 e. The first-order valence-corrected chi connectivity index (χ1v) is 12.2. The second-order valence-corrected chi connectivity index (χ2v) is 10.4. The SMILES string of the molecule is Cc1c(C(=O)Nc2ccc(S(=O)(=O)C(F)(F)F)cc2Cl)c(O)c2ccccc2c1S(C)=O. The molecule has 170 valence electrons. The average molecular weight is 506 g/mol. The normalized spacial score (nSPS) is 13.2. The molecule has 0 fully saturated rings. The summed E-state index contributed by atoms with van der Waals surface area (Å²) in [5, 5.41) is 13.4. The Morgan fingerprint density at radius 2 is 1.72 bits per heavy atom. The van der Waals surface area contributed by atoms with E-state index in [2.05, 4.69) is 5.32 Å². The average Bonchev–Trinajstić information content (AvgIpc) is 2.68. The van der Waals surface area contributed by atoms with Gasteiger partial charge in [0.15, 0.2) is 0 Å². The summed E-state index contributed by atoms with van der Waals surface area (Å²) in [6.45, 7) is 1.50. The molecule has 32 heavy (non-hydrogen) atoms. The second-order valence-electron chi connectivity index (χ2n) is 6.72. The first kappa shape index (κ1) is 24.0. The van der Waals surface area contributed by atoms with Crippen molar-refractivity contribution in [3.8, 4) is 5.75 Å². The molecule has 12 heteroatoms.